The lowest BCUT2D eigenvalue weighted by Gasteiger charge is -2.26. The molecule has 0 saturated heterocycles. The lowest BCUT2D eigenvalue weighted by Crippen LogP contribution is -2.40. The zero-order chi connectivity index (χ0) is 18.2. The maximum atomic E-state index is 12.4. The van der Waals surface area contributed by atoms with Crippen molar-refractivity contribution in [2.24, 2.45) is 7.05 Å². The van der Waals surface area contributed by atoms with Crippen LogP contribution in [-0.4, -0.2) is 13.9 Å². The summed E-state index contributed by atoms with van der Waals surface area (Å²) in [6.07, 6.45) is 2.18. The summed E-state index contributed by atoms with van der Waals surface area (Å²) in [5.41, 5.74) is 4.79. The molecular formula is C21H26N2OS. The molecule has 2 aromatic carbocycles. The fourth-order valence-electron chi connectivity index (χ4n) is 2.92. The van der Waals surface area contributed by atoms with E-state index < -0.39 is 11.4 Å². The molecule has 0 unspecified atom stereocenters. The molecule has 3 rings (SSSR count). The van der Waals surface area contributed by atoms with Gasteiger partial charge in [0.25, 0.3) is 0 Å². The standard InChI is InChI=1S/C21H26N2OS/c1-15(22-25(24)21(2,3)4)17-11-12-18-19(14-23(5)20(18)13-17)16-9-7-6-8-10-16/h6-15,22H,1-5H3/t15-,25+/m0/s1. The van der Waals surface area contributed by atoms with Crippen LogP contribution < -0.4 is 4.72 Å². The molecule has 1 N–H and O–H groups in total. The van der Waals surface area contributed by atoms with Gasteiger partial charge >= 0.3 is 0 Å². The second kappa shape index (κ2) is 6.87. The Morgan fingerprint density at radius 2 is 1.76 bits per heavy atom. The summed E-state index contributed by atoms with van der Waals surface area (Å²) in [5.74, 6) is 0. The van der Waals surface area contributed by atoms with Gasteiger partial charge in [0, 0.05) is 41.1 Å². The van der Waals surface area contributed by atoms with Crippen molar-refractivity contribution in [2.75, 3.05) is 0 Å². The first-order valence-electron chi connectivity index (χ1n) is 8.60. The lowest BCUT2D eigenvalue weighted by molar-refractivity contribution is 0.531. The summed E-state index contributed by atoms with van der Waals surface area (Å²) >= 11 is -1.09. The van der Waals surface area contributed by atoms with Crippen LogP contribution in [0.1, 0.15) is 39.3 Å². The third kappa shape index (κ3) is 3.76. The lowest BCUT2D eigenvalue weighted by atomic mass is 10.0. The Morgan fingerprint density at radius 3 is 2.40 bits per heavy atom. The van der Waals surface area contributed by atoms with Crippen molar-refractivity contribution < 1.29 is 4.55 Å². The second-order valence-electron chi connectivity index (χ2n) is 7.52. The minimum absolute atomic E-state index is 0.0273. The molecular weight excluding hydrogens is 328 g/mol. The Kier molecular flexibility index (Phi) is 4.96. The maximum absolute atomic E-state index is 12.4. The summed E-state index contributed by atoms with van der Waals surface area (Å²) in [6.45, 7) is 8.01. The van der Waals surface area contributed by atoms with Gasteiger partial charge < -0.3 is 9.12 Å². The molecule has 3 aromatic rings. The average molecular weight is 355 g/mol. The van der Waals surface area contributed by atoms with Gasteiger partial charge in [-0.3, -0.25) is 0 Å². The quantitative estimate of drug-likeness (QED) is 0.673. The number of benzene rings is 2. The van der Waals surface area contributed by atoms with E-state index in [1.807, 2.05) is 26.8 Å². The van der Waals surface area contributed by atoms with Crippen LogP contribution in [-0.2, 0) is 18.4 Å². The predicted molar refractivity (Wildman–Crippen MR) is 108 cm³/mol. The zero-order valence-electron chi connectivity index (χ0n) is 15.5. The molecule has 0 radical (unpaired) electrons. The summed E-state index contributed by atoms with van der Waals surface area (Å²) < 4.78 is 17.5. The molecule has 0 bridgehead atoms. The van der Waals surface area contributed by atoms with Crippen LogP contribution in [0, 0.1) is 0 Å². The Morgan fingerprint density at radius 1 is 1.08 bits per heavy atom. The van der Waals surface area contributed by atoms with E-state index in [1.165, 1.54) is 22.0 Å². The topological polar surface area (TPSA) is 40.0 Å². The van der Waals surface area contributed by atoms with Crippen molar-refractivity contribution >= 4 is 22.3 Å². The van der Waals surface area contributed by atoms with Crippen molar-refractivity contribution in [1.82, 2.24) is 9.29 Å². The highest BCUT2D eigenvalue weighted by Gasteiger charge is 2.28. The Balaban J connectivity index is 1.95. The molecule has 0 amide bonds. The Hall–Kier alpha value is -1.75. The van der Waals surface area contributed by atoms with Gasteiger partial charge in [-0.15, -0.1) is 4.72 Å². The Labute approximate surface area is 153 Å². The van der Waals surface area contributed by atoms with Crippen LogP contribution in [0.5, 0.6) is 0 Å². The van der Waals surface area contributed by atoms with E-state index >= 15 is 0 Å². The molecule has 0 aliphatic heterocycles. The molecule has 0 saturated carbocycles. The largest absolute Gasteiger partial charge is 0.598 e. The predicted octanol–water partition coefficient (Wildman–Crippen LogP) is 4.96. The third-order valence-corrected chi connectivity index (χ3v) is 6.12. The number of fused-ring (bicyclic) bond motifs is 1. The number of nitrogens with zero attached hydrogens (tertiary/aromatic N) is 1. The molecule has 0 spiro atoms. The number of hydrogen-bond donors (Lipinski definition) is 1. The van der Waals surface area contributed by atoms with Crippen LogP contribution >= 0.6 is 0 Å². The molecule has 25 heavy (non-hydrogen) atoms. The summed E-state index contributed by atoms with van der Waals surface area (Å²) in [6, 6.07) is 17.0. The maximum Gasteiger partial charge on any atom is 0.136 e. The molecule has 4 heteroatoms. The summed E-state index contributed by atoms with van der Waals surface area (Å²) in [7, 11) is 2.07. The number of aromatic nitrogens is 1. The van der Waals surface area contributed by atoms with Crippen LogP contribution in [0.25, 0.3) is 22.0 Å². The molecule has 1 heterocycles. The zero-order valence-corrected chi connectivity index (χ0v) is 16.4. The fraction of sp³-hybridized carbons (Fsp3) is 0.333. The van der Waals surface area contributed by atoms with Crippen LogP contribution in [0.2, 0.25) is 0 Å². The SMILES string of the molecule is C[C@H](N[S@+]([O-])C(C)(C)C)c1ccc2c(-c3ccccc3)cn(C)c2c1. The van der Waals surface area contributed by atoms with Gasteiger partial charge in [-0.2, -0.15) is 0 Å². The van der Waals surface area contributed by atoms with Crippen LogP contribution in [0.4, 0.5) is 0 Å². The van der Waals surface area contributed by atoms with Crippen molar-refractivity contribution in [3.8, 4) is 11.1 Å². The molecule has 3 nitrogen and oxygen atoms in total. The molecule has 0 fully saturated rings. The van der Waals surface area contributed by atoms with Gasteiger partial charge in [-0.25, -0.2) is 0 Å². The number of aryl methyl sites for hydroxylation is 1. The van der Waals surface area contributed by atoms with Gasteiger partial charge in [0.05, 0.1) is 6.04 Å². The highest BCUT2D eigenvalue weighted by Crippen LogP contribution is 2.32. The molecule has 0 aliphatic carbocycles. The van der Waals surface area contributed by atoms with E-state index in [-0.39, 0.29) is 10.8 Å². The van der Waals surface area contributed by atoms with E-state index in [9.17, 15) is 4.55 Å². The minimum atomic E-state index is -1.09. The van der Waals surface area contributed by atoms with Crippen molar-refractivity contribution in [2.45, 2.75) is 38.5 Å². The van der Waals surface area contributed by atoms with Gasteiger partial charge in [0.15, 0.2) is 0 Å². The number of rotatable bonds is 4. The normalized spacial score (nSPS) is 14.6. The van der Waals surface area contributed by atoms with E-state index in [2.05, 4.69) is 71.9 Å². The van der Waals surface area contributed by atoms with E-state index in [0.717, 1.165) is 5.56 Å². The number of hydrogen-bond acceptors (Lipinski definition) is 2. The van der Waals surface area contributed by atoms with E-state index in [1.54, 1.807) is 0 Å². The smallest absolute Gasteiger partial charge is 0.136 e. The summed E-state index contributed by atoms with van der Waals surface area (Å²) in [5, 5.41) is 1.24. The first-order valence-corrected chi connectivity index (χ1v) is 9.75. The number of nitrogens with one attached hydrogen (secondary N) is 1. The van der Waals surface area contributed by atoms with Crippen molar-refractivity contribution in [3.63, 3.8) is 0 Å². The minimum Gasteiger partial charge on any atom is -0.598 e. The van der Waals surface area contributed by atoms with Crippen LogP contribution in [0.15, 0.2) is 54.7 Å². The van der Waals surface area contributed by atoms with Crippen molar-refractivity contribution in [3.05, 3.63) is 60.3 Å². The third-order valence-electron chi connectivity index (χ3n) is 4.44. The molecule has 2 atom stereocenters. The monoisotopic (exact) mass is 354 g/mol. The fourth-order valence-corrected chi connectivity index (χ4v) is 3.73. The Bertz CT molecular complexity index is 865. The van der Waals surface area contributed by atoms with Gasteiger partial charge in [-0.05, 0) is 44.9 Å². The van der Waals surface area contributed by atoms with Gasteiger partial charge in [0.1, 0.15) is 4.75 Å². The first-order chi connectivity index (χ1) is 11.8. The van der Waals surface area contributed by atoms with E-state index in [0.29, 0.717) is 0 Å². The molecule has 0 aliphatic rings. The highest BCUT2D eigenvalue weighted by atomic mass is 32.2. The second-order valence-corrected chi connectivity index (χ2v) is 9.51. The van der Waals surface area contributed by atoms with Gasteiger partial charge in [0.2, 0.25) is 0 Å². The summed E-state index contributed by atoms with van der Waals surface area (Å²) in [4.78, 5) is 0. The van der Waals surface area contributed by atoms with Crippen molar-refractivity contribution in [1.29, 1.82) is 0 Å². The average Bonchev–Trinajstić information content (AvgIpc) is 2.91. The molecule has 1 aromatic heterocycles. The van der Waals surface area contributed by atoms with Crippen LogP contribution in [0.3, 0.4) is 0 Å². The highest BCUT2D eigenvalue weighted by molar-refractivity contribution is 7.90. The van der Waals surface area contributed by atoms with E-state index in [4.69, 9.17) is 0 Å². The first kappa shape index (κ1) is 18.1. The van der Waals surface area contributed by atoms with Gasteiger partial charge in [-0.1, -0.05) is 42.5 Å². The molecule has 132 valence electrons.